The van der Waals surface area contributed by atoms with Crippen LogP contribution in [0, 0.1) is 5.92 Å². The van der Waals surface area contributed by atoms with Gasteiger partial charge in [-0.2, -0.15) is 0 Å². The Hall–Kier alpha value is -1.71. The molecule has 0 bridgehead atoms. The van der Waals surface area contributed by atoms with Crippen LogP contribution in [0.2, 0.25) is 0 Å². The van der Waals surface area contributed by atoms with Gasteiger partial charge in [0.2, 0.25) is 10.0 Å². The molecule has 0 radical (unpaired) electrons. The highest BCUT2D eigenvalue weighted by atomic mass is 32.2. The molecule has 2 fully saturated rings. The molecule has 4 rings (SSSR count). The number of nitrogens with two attached hydrogens (primary N) is 1. The number of piperidine rings is 2. The van der Waals surface area contributed by atoms with Crippen molar-refractivity contribution < 1.29 is 18.3 Å². The van der Waals surface area contributed by atoms with Gasteiger partial charge in [0.05, 0.1) is 17.4 Å². The molecule has 0 aromatic carbocycles. The lowest BCUT2D eigenvalue weighted by Crippen LogP contribution is -2.60. The minimum Gasteiger partial charge on any atom is -0.389 e. The number of carbonyl (C=O) groups is 1. The van der Waals surface area contributed by atoms with Crippen molar-refractivity contribution in [2.45, 2.75) is 37.7 Å². The van der Waals surface area contributed by atoms with E-state index in [2.05, 4.69) is 0 Å². The minimum absolute atomic E-state index is 0.231. The second-order valence-corrected chi connectivity index (χ2v) is 10.0. The number of fused-ring (bicyclic) bond motifs is 2. The van der Waals surface area contributed by atoms with Gasteiger partial charge in [-0.15, -0.1) is 0 Å². The van der Waals surface area contributed by atoms with Gasteiger partial charge in [-0.3, -0.25) is 4.79 Å². The van der Waals surface area contributed by atoms with E-state index in [1.165, 1.54) is 10.6 Å². The van der Waals surface area contributed by atoms with Crippen molar-refractivity contribution in [3.63, 3.8) is 0 Å². The molecule has 2 atom stereocenters. The summed E-state index contributed by atoms with van der Waals surface area (Å²) in [6, 6.07) is 1.86. The van der Waals surface area contributed by atoms with E-state index in [-0.39, 0.29) is 12.5 Å². The SMILES string of the molecule is CS(=O)(=O)N1CC[C@@]2(O)CCN(c3nc4c(cc3C(N)=O)CCC4)C[C@H]2C1. The molecule has 27 heavy (non-hydrogen) atoms. The van der Waals surface area contributed by atoms with Crippen LogP contribution in [0.15, 0.2) is 6.07 Å². The van der Waals surface area contributed by atoms with Crippen molar-refractivity contribution in [2.75, 3.05) is 37.3 Å². The first-order valence-corrected chi connectivity index (χ1v) is 11.3. The van der Waals surface area contributed by atoms with Gasteiger partial charge in [0.15, 0.2) is 0 Å². The molecule has 3 heterocycles. The van der Waals surface area contributed by atoms with Crippen LogP contribution in [0.5, 0.6) is 0 Å². The zero-order chi connectivity index (χ0) is 19.4. The van der Waals surface area contributed by atoms with Crippen LogP contribution in [0.1, 0.15) is 40.9 Å². The predicted octanol–water partition coefficient (Wildman–Crippen LogP) is -0.108. The fraction of sp³-hybridized carbons (Fsp3) is 0.667. The van der Waals surface area contributed by atoms with Crippen LogP contribution >= 0.6 is 0 Å². The lowest BCUT2D eigenvalue weighted by atomic mass is 9.76. The van der Waals surface area contributed by atoms with E-state index >= 15 is 0 Å². The summed E-state index contributed by atoms with van der Waals surface area (Å²) in [5, 5.41) is 11.0. The standard InChI is InChI=1S/C18H26N4O4S/c1-27(25,26)22-8-6-18(24)5-7-21(10-13(18)11-22)17-14(16(19)23)9-12-3-2-4-15(12)20-17/h9,13,24H,2-8,10-11H2,1H3,(H2,19,23)/t13-,18-/m0/s1. The molecule has 9 heteroatoms. The highest BCUT2D eigenvalue weighted by molar-refractivity contribution is 7.88. The van der Waals surface area contributed by atoms with Crippen molar-refractivity contribution in [3.05, 3.63) is 22.9 Å². The number of rotatable bonds is 3. The summed E-state index contributed by atoms with van der Waals surface area (Å²) < 4.78 is 25.3. The topological polar surface area (TPSA) is 117 Å². The van der Waals surface area contributed by atoms with Crippen LogP contribution < -0.4 is 10.6 Å². The third kappa shape index (κ3) is 3.32. The normalized spacial score (nSPS) is 28.7. The average molecular weight is 394 g/mol. The predicted molar refractivity (Wildman–Crippen MR) is 101 cm³/mol. The van der Waals surface area contributed by atoms with Crippen molar-refractivity contribution in [2.24, 2.45) is 11.7 Å². The van der Waals surface area contributed by atoms with E-state index in [9.17, 15) is 18.3 Å². The van der Waals surface area contributed by atoms with Crippen LogP contribution in [0.25, 0.3) is 0 Å². The highest BCUT2D eigenvalue weighted by Gasteiger charge is 2.47. The van der Waals surface area contributed by atoms with Gasteiger partial charge >= 0.3 is 0 Å². The molecular formula is C18H26N4O4S. The molecule has 1 aliphatic carbocycles. The van der Waals surface area contributed by atoms with Crippen molar-refractivity contribution in [1.29, 1.82) is 0 Å². The zero-order valence-electron chi connectivity index (χ0n) is 15.5. The molecule has 0 spiro atoms. The Bertz CT molecular complexity index is 888. The molecule has 1 aromatic rings. The van der Waals surface area contributed by atoms with Crippen molar-refractivity contribution >= 4 is 21.7 Å². The molecule has 148 valence electrons. The van der Waals surface area contributed by atoms with Crippen LogP contribution in [0.4, 0.5) is 5.82 Å². The first-order valence-electron chi connectivity index (χ1n) is 9.42. The highest BCUT2D eigenvalue weighted by Crippen LogP contribution is 2.38. The van der Waals surface area contributed by atoms with Crippen LogP contribution in [0.3, 0.4) is 0 Å². The fourth-order valence-electron chi connectivity index (χ4n) is 4.65. The molecule has 1 aromatic heterocycles. The molecule has 2 saturated heterocycles. The van der Waals surface area contributed by atoms with E-state index in [1.54, 1.807) is 0 Å². The number of hydrogen-bond donors (Lipinski definition) is 2. The first-order chi connectivity index (χ1) is 12.7. The number of aromatic nitrogens is 1. The molecule has 0 unspecified atom stereocenters. The van der Waals surface area contributed by atoms with Crippen LogP contribution in [-0.4, -0.2) is 66.8 Å². The third-order valence-corrected chi connectivity index (χ3v) is 7.57. The molecule has 8 nitrogen and oxygen atoms in total. The van der Waals surface area contributed by atoms with Crippen molar-refractivity contribution in [1.82, 2.24) is 9.29 Å². The minimum atomic E-state index is -3.30. The summed E-state index contributed by atoms with van der Waals surface area (Å²) in [6.07, 6.45) is 4.98. The smallest absolute Gasteiger partial charge is 0.252 e. The first kappa shape index (κ1) is 18.6. The molecule has 3 aliphatic rings. The average Bonchev–Trinajstić information content (AvgIpc) is 3.06. The number of nitrogens with zero attached hydrogens (tertiary/aromatic N) is 3. The maximum absolute atomic E-state index is 12.0. The summed E-state index contributed by atoms with van der Waals surface area (Å²) in [5.41, 5.74) is 7.25. The quantitative estimate of drug-likeness (QED) is 0.739. The Labute approximate surface area is 159 Å². The Morgan fingerprint density at radius 3 is 2.74 bits per heavy atom. The summed E-state index contributed by atoms with van der Waals surface area (Å²) in [7, 11) is -3.30. The molecule has 1 amide bonds. The number of carbonyl (C=O) groups excluding carboxylic acids is 1. The van der Waals surface area contributed by atoms with E-state index in [4.69, 9.17) is 10.7 Å². The number of primary amides is 1. The van der Waals surface area contributed by atoms with E-state index in [0.29, 0.717) is 43.9 Å². The second-order valence-electron chi connectivity index (χ2n) is 8.05. The Morgan fingerprint density at radius 2 is 2.04 bits per heavy atom. The summed E-state index contributed by atoms with van der Waals surface area (Å²) >= 11 is 0. The van der Waals surface area contributed by atoms with Crippen LogP contribution in [-0.2, 0) is 22.9 Å². The second kappa shape index (κ2) is 6.42. The largest absolute Gasteiger partial charge is 0.389 e. The van der Waals surface area contributed by atoms with E-state index < -0.39 is 21.5 Å². The summed E-state index contributed by atoms with van der Waals surface area (Å²) in [6.45, 7) is 1.64. The molecule has 2 aliphatic heterocycles. The number of aliphatic hydroxyl groups is 1. The number of aryl methyl sites for hydroxylation is 2. The molecule has 0 saturated carbocycles. The Balaban J connectivity index is 1.64. The number of anilines is 1. The van der Waals surface area contributed by atoms with Gasteiger partial charge in [-0.1, -0.05) is 0 Å². The maximum Gasteiger partial charge on any atom is 0.252 e. The number of hydrogen-bond acceptors (Lipinski definition) is 6. The number of sulfonamides is 1. The number of pyridine rings is 1. The fourth-order valence-corrected chi connectivity index (χ4v) is 5.52. The van der Waals surface area contributed by atoms with E-state index in [1.807, 2.05) is 11.0 Å². The van der Waals surface area contributed by atoms with Gasteiger partial charge < -0.3 is 15.7 Å². The zero-order valence-corrected chi connectivity index (χ0v) is 16.3. The molecule has 3 N–H and O–H groups in total. The van der Waals surface area contributed by atoms with Crippen molar-refractivity contribution in [3.8, 4) is 0 Å². The summed E-state index contributed by atoms with van der Waals surface area (Å²) in [4.78, 5) is 18.7. The maximum atomic E-state index is 12.0. The van der Waals surface area contributed by atoms with Gasteiger partial charge in [-0.25, -0.2) is 17.7 Å². The van der Waals surface area contributed by atoms with E-state index in [0.717, 1.165) is 30.5 Å². The summed E-state index contributed by atoms with van der Waals surface area (Å²) in [5.74, 6) is -0.165. The molecular weight excluding hydrogens is 368 g/mol. The van der Waals surface area contributed by atoms with Gasteiger partial charge in [0.25, 0.3) is 5.91 Å². The Morgan fingerprint density at radius 1 is 1.30 bits per heavy atom. The van der Waals surface area contributed by atoms with Gasteiger partial charge in [0.1, 0.15) is 5.82 Å². The lowest BCUT2D eigenvalue weighted by molar-refractivity contribution is -0.0688. The monoisotopic (exact) mass is 394 g/mol. The number of amides is 1. The Kier molecular flexibility index (Phi) is 4.44. The third-order valence-electron chi connectivity index (χ3n) is 6.30. The van der Waals surface area contributed by atoms with Gasteiger partial charge in [-0.05, 0) is 43.7 Å². The lowest BCUT2D eigenvalue weighted by Gasteiger charge is -2.50. The van der Waals surface area contributed by atoms with Gasteiger partial charge in [0, 0.05) is 37.8 Å².